The molecule has 0 radical (unpaired) electrons. The number of ether oxygens (including phenoxy) is 2. The molecule has 1 aromatic rings. The molecular weight excluding hydrogens is 298 g/mol. The van der Waals surface area contributed by atoms with E-state index in [2.05, 4.69) is 10.6 Å². The summed E-state index contributed by atoms with van der Waals surface area (Å²) in [5.41, 5.74) is 0.549. The van der Waals surface area contributed by atoms with Gasteiger partial charge in [0.1, 0.15) is 6.42 Å². The van der Waals surface area contributed by atoms with E-state index in [1.54, 1.807) is 18.2 Å². The summed E-state index contributed by atoms with van der Waals surface area (Å²) in [4.78, 5) is 25.6. The van der Waals surface area contributed by atoms with Gasteiger partial charge in [-0.25, -0.2) is 0 Å². The SMILES string of the molecule is COc1ccc(NC(=O)CC(=O)NCCCN(C)C)cc1OC. The molecule has 0 aliphatic rings. The zero-order valence-electron chi connectivity index (χ0n) is 14.1. The Hall–Kier alpha value is -2.28. The maximum atomic E-state index is 11.9. The largest absolute Gasteiger partial charge is 0.493 e. The van der Waals surface area contributed by atoms with Crippen LogP contribution in [0.4, 0.5) is 5.69 Å². The van der Waals surface area contributed by atoms with E-state index in [1.165, 1.54) is 14.2 Å². The lowest BCUT2D eigenvalue weighted by Crippen LogP contribution is -2.30. The molecule has 0 atom stereocenters. The lowest BCUT2D eigenvalue weighted by molar-refractivity contribution is -0.126. The average molecular weight is 323 g/mol. The van der Waals surface area contributed by atoms with Crippen molar-refractivity contribution in [1.82, 2.24) is 10.2 Å². The van der Waals surface area contributed by atoms with Crippen LogP contribution in [0.1, 0.15) is 12.8 Å². The van der Waals surface area contributed by atoms with Crippen molar-refractivity contribution in [3.8, 4) is 11.5 Å². The van der Waals surface area contributed by atoms with Gasteiger partial charge in [-0.05, 0) is 39.2 Å². The summed E-state index contributed by atoms with van der Waals surface area (Å²) in [6, 6.07) is 5.02. The summed E-state index contributed by atoms with van der Waals surface area (Å²) in [6.07, 6.45) is 0.631. The molecule has 0 aromatic heterocycles. The van der Waals surface area contributed by atoms with Gasteiger partial charge in [0.2, 0.25) is 11.8 Å². The van der Waals surface area contributed by atoms with Crippen molar-refractivity contribution < 1.29 is 19.1 Å². The first-order chi connectivity index (χ1) is 11.0. The van der Waals surface area contributed by atoms with Gasteiger partial charge in [0.15, 0.2) is 11.5 Å². The Morgan fingerprint density at radius 3 is 2.39 bits per heavy atom. The number of nitrogens with one attached hydrogen (secondary N) is 2. The number of hydrogen-bond acceptors (Lipinski definition) is 5. The number of amides is 2. The topological polar surface area (TPSA) is 79.9 Å². The van der Waals surface area contributed by atoms with Crippen LogP contribution in [0.25, 0.3) is 0 Å². The Labute approximate surface area is 136 Å². The van der Waals surface area contributed by atoms with Gasteiger partial charge in [-0.3, -0.25) is 9.59 Å². The number of rotatable bonds is 9. The van der Waals surface area contributed by atoms with Crippen molar-refractivity contribution in [2.45, 2.75) is 12.8 Å². The Bertz CT molecular complexity index is 532. The van der Waals surface area contributed by atoms with Crippen molar-refractivity contribution in [1.29, 1.82) is 0 Å². The van der Waals surface area contributed by atoms with Crippen LogP contribution < -0.4 is 20.1 Å². The minimum atomic E-state index is -0.373. The summed E-state index contributed by atoms with van der Waals surface area (Å²) >= 11 is 0. The summed E-state index contributed by atoms with van der Waals surface area (Å²) in [5.74, 6) is 0.423. The smallest absolute Gasteiger partial charge is 0.233 e. The highest BCUT2D eigenvalue weighted by atomic mass is 16.5. The fourth-order valence-corrected chi connectivity index (χ4v) is 1.95. The summed E-state index contributed by atoms with van der Waals surface area (Å²) < 4.78 is 10.3. The van der Waals surface area contributed by atoms with Crippen LogP contribution in [-0.2, 0) is 9.59 Å². The monoisotopic (exact) mass is 323 g/mol. The van der Waals surface area contributed by atoms with Crippen molar-refractivity contribution in [3.63, 3.8) is 0 Å². The van der Waals surface area contributed by atoms with Crippen LogP contribution in [0, 0.1) is 0 Å². The highest BCUT2D eigenvalue weighted by molar-refractivity contribution is 6.03. The van der Waals surface area contributed by atoms with E-state index in [4.69, 9.17) is 9.47 Å². The Balaban J connectivity index is 2.42. The van der Waals surface area contributed by atoms with Gasteiger partial charge in [0.05, 0.1) is 14.2 Å². The Kier molecular flexibility index (Phi) is 7.90. The number of nitrogens with zero attached hydrogens (tertiary/aromatic N) is 1. The molecule has 0 saturated heterocycles. The quantitative estimate of drug-likeness (QED) is 0.525. The van der Waals surface area contributed by atoms with Crippen molar-refractivity contribution in [2.24, 2.45) is 0 Å². The second-order valence-corrected chi connectivity index (χ2v) is 5.30. The van der Waals surface area contributed by atoms with Crippen LogP contribution >= 0.6 is 0 Å². The number of hydrogen-bond donors (Lipinski definition) is 2. The molecule has 0 fully saturated rings. The number of methoxy groups -OCH3 is 2. The van der Waals surface area contributed by atoms with E-state index in [9.17, 15) is 9.59 Å². The minimum Gasteiger partial charge on any atom is -0.493 e. The Morgan fingerprint density at radius 2 is 1.78 bits per heavy atom. The second-order valence-electron chi connectivity index (χ2n) is 5.30. The van der Waals surface area contributed by atoms with E-state index in [0.717, 1.165) is 13.0 Å². The highest BCUT2D eigenvalue weighted by Crippen LogP contribution is 2.29. The third-order valence-electron chi connectivity index (χ3n) is 3.09. The van der Waals surface area contributed by atoms with Crippen LogP contribution in [0.3, 0.4) is 0 Å². The van der Waals surface area contributed by atoms with Crippen molar-refractivity contribution in [2.75, 3.05) is 46.7 Å². The van der Waals surface area contributed by atoms with E-state index < -0.39 is 0 Å². The molecule has 0 aliphatic carbocycles. The molecule has 0 saturated carbocycles. The average Bonchev–Trinajstić information content (AvgIpc) is 2.51. The molecule has 2 N–H and O–H groups in total. The van der Waals surface area contributed by atoms with Gasteiger partial charge in [0.25, 0.3) is 0 Å². The van der Waals surface area contributed by atoms with Gasteiger partial charge in [0, 0.05) is 18.3 Å². The van der Waals surface area contributed by atoms with Crippen LogP contribution in [0.15, 0.2) is 18.2 Å². The molecular formula is C16H25N3O4. The zero-order valence-corrected chi connectivity index (χ0v) is 14.1. The molecule has 0 heterocycles. The maximum Gasteiger partial charge on any atom is 0.233 e. The zero-order chi connectivity index (χ0) is 17.2. The van der Waals surface area contributed by atoms with E-state index >= 15 is 0 Å². The first kappa shape index (κ1) is 18.8. The Morgan fingerprint density at radius 1 is 1.09 bits per heavy atom. The fraction of sp³-hybridized carbons (Fsp3) is 0.500. The van der Waals surface area contributed by atoms with Crippen LogP contribution in [-0.4, -0.2) is 58.1 Å². The van der Waals surface area contributed by atoms with Gasteiger partial charge in [-0.1, -0.05) is 0 Å². The first-order valence-corrected chi connectivity index (χ1v) is 7.39. The molecule has 0 aliphatic heterocycles. The van der Waals surface area contributed by atoms with Crippen LogP contribution in [0.5, 0.6) is 11.5 Å². The minimum absolute atomic E-state index is 0.212. The lowest BCUT2D eigenvalue weighted by atomic mass is 10.2. The number of carbonyl (C=O) groups is 2. The molecule has 0 bridgehead atoms. The molecule has 2 amide bonds. The summed E-state index contributed by atoms with van der Waals surface area (Å²) in [6.45, 7) is 1.44. The van der Waals surface area contributed by atoms with E-state index in [1.807, 2.05) is 19.0 Å². The summed E-state index contributed by atoms with van der Waals surface area (Å²) in [5, 5.41) is 5.39. The number of carbonyl (C=O) groups excluding carboxylic acids is 2. The standard InChI is InChI=1S/C16H25N3O4/c1-19(2)9-5-8-17-15(20)11-16(21)18-12-6-7-13(22-3)14(10-12)23-4/h6-7,10H,5,8-9,11H2,1-4H3,(H,17,20)(H,18,21). The molecule has 0 unspecified atom stereocenters. The van der Waals surface area contributed by atoms with Gasteiger partial charge in [-0.15, -0.1) is 0 Å². The highest BCUT2D eigenvalue weighted by Gasteiger charge is 2.11. The van der Waals surface area contributed by atoms with Gasteiger partial charge < -0.3 is 25.0 Å². The predicted molar refractivity (Wildman–Crippen MR) is 89.0 cm³/mol. The van der Waals surface area contributed by atoms with E-state index in [-0.39, 0.29) is 18.2 Å². The number of benzene rings is 1. The number of anilines is 1. The molecule has 7 nitrogen and oxygen atoms in total. The molecule has 0 spiro atoms. The molecule has 1 aromatic carbocycles. The second kappa shape index (κ2) is 9.68. The molecule has 128 valence electrons. The fourth-order valence-electron chi connectivity index (χ4n) is 1.95. The molecule has 23 heavy (non-hydrogen) atoms. The normalized spacial score (nSPS) is 10.3. The predicted octanol–water partition coefficient (Wildman–Crippen LogP) is 1.10. The molecule has 1 rings (SSSR count). The lowest BCUT2D eigenvalue weighted by Gasteiger charge is -2.11. The third kappa shape index (κ3) is 7.01. The van der Waals surface area contributed by atoms with Gasteiger partial charge in [-0.2, -0.15) is 0 Å². The third-order valence-corrected chi connectivity index (χ3v) is 3.09. The summed E-state index contributed by atoms with van der Waals surface area (Å²) in [7, 11) is 7.00. The molecule has 7 heteroatoms. The van der Waals surface area contributed by atoms with Gasteiger partial charge >= 0.3 is 0 Å². The van der Waals surface area contributed by atoms with Crippen LogP contribution in [0.2, 0.25) is 0 Å². The van der Waals surface area contributed by atoms with Crippen molar-refractivity contribution >= 4 is 17.5 Å². The first-order valence-electron chi connectivity index (χ1n) is 7.39. The maximum absolute atomic E-state index is 11.9. The van der Waals surface area contributed by atoms with E-state index in [0.29, 0.717) is 23.7 Å². The van der Waals surface area contributed by atoms with Crippen molar-refractivity contribution in [3.05, 3.63) is 18.2 Å².